The highest BCUT2D eigenvalue weighted by molar-refractivity contribution is 5.96. The predicted molar refractivity (Wildman–Crippen MR) is 265 cm³/mol. The quantitative estimate of drug-likeness (QED) is 0.0780. The molecule has 396 valence electrons. The molecule has 0 radical (unpaired) electrons. The highest BCUT2D eigenvalue weighted by atomic mass is 16.7. The van der Waals surface area contributed by atoms with E-state index in [9.17, 15) is 34.8 Å². The summed E-state index contributed by atoms with van der Waals surface area (Å²) in [7, 11) is 4.66. The van der Waals surface area contributed by atoms with E-state index < -0.39 is 96.4 Å². The van der Waals surface area contributed by atoms with E-state index in [0.29, 0.717) is 25.2 Å². The van der Waals surface area contributed by atoms with Gasteiger partial charge in [0.05, 0.1) is 61.4 Å². The molecule has 19 atom stereocenters. The van der Waals surface area contributed by atoms with Crippen molar-refractivity contribution in [3.63, 3.8) is 0 Å². The van der Waals surface area contributed by atoms with Gasteiger partial charge in [-0.25, -0.2) is 14.4 Å². The molecule has 0 unspecified atom stereocenters. The zero-order valence-electron chi connectivity index (χ0n) is 43.6. The van der Waals surface area contributed by atoms with Crippen LogP contribution in [-0.2, 0) is 52.3 Å². The lowest BCUT2D eigenvalue weighted by atomic mass is 9.83. The van der Waals surface area contributed by atoms with Gasteiger partial charge in [0.2, 0.25) is 5.79 Å². The minimum absolute atomic E-state index is 0.0210. The molecule has 0 amide bonds. The summed E-state index contributed by atoms with van der Waals surface area (Å²) in [5.41, 5.74) is -0.0959. The molecule has 15 heteroatoms. The van der Waals surface area contributed by atoms with Gasteiger partial charge >= 0.3 is 17.9 Å². The first-order valence-corrected chi connectivity index (χ1v) is 25.6. The average Bonchev–Trinajstić information content (AvgIpc) is 4.12. The molecule has 4 heterocycles. The van der Waals surface area contributed by atoms with Crippen molar-refractivity contribution in [2.45, 2.75) is 199 Å². The molecule has 4 aliphatic heterocycles. The molecule has 0 aromatic rings. The van der Waals surface area contributed by atoms with Crippen molar-refractivity contribution in [3.05, 3.63) is 72.4 Å². The molecule has 4 N–H and O–H groups in total. The molecule has 4 rings (SSSR count). The van der Waals surface area contributed by atoms with Gasteiger partial charge < -0.3 is 58.3 Å². The van der Waals surface area contributed by atoms with Crippen LogP contribution in [-0.4, -0.2) is 139 Å². The summed E-state index contributed by atoms with van der Waals surface area (Å²) in [6.45, 7) is 14.9. The van der Waals surface area contributed by atoms with Crippen LogP contribution < -0.4 is 0 Å². The van der Waals surface area contributed by atoms with Crippen molar-refractivity contribution in [2.24, 2.45) is 35.5 Å². The van der Waals surface area contributed by atoms with E-state index in [0.717, 1.165) is 18.9 Å². The van der Waals surface area contributed by atoms with Crippen molar-refractivity contribution in [1.29, 1.82) is 0 Å². The SMILES string of the molecule is CCC[C@@H](C)[C@@H]1O[C@H]1[C@H](OC)[C@H](C)[C@H]1CCC[C@]2(C[C@H]3OC(=O)C=C(C)C(=O)O[C@@H](C[C@H](O)[C@@H](C)/C=C\[C@H](OC)C[C@H](O)[C@@H](C)/C=C\C(=O)O2)[C@@H](OC)C\C=C/C=C\C=C/[C@@H](C)[C@@H](O)C[C@H](O)[C@@H]3C)O1. The molecular formula is C55H86O15. The maximum absolute atomic E-state index is 14.1. The van der Waals surface area contributed by atoms with Crippen molar-refractivity contribution in [3.8, 4) is 0 Å². The number of carbonyl (C=O) groups is 3. The molecule has 2 fully saturated rings. The number of esters is 3. The Kier molecular flexibility index (Phi) is 24.2. The largest absolute Gasteiger partial charge is 0.459 e. The topological polar surface area (TPSA) is 209 Å². The van der Waals surface area contributed by atoms with Gasteiger partial charge in [-0.05, 0) is 38.5 Å². The first-order valence-electron chi connectivity index (χ1n) is 25.6. The summed E-state index contributed by atoms with van der Waals surface area (Å²) in [6.07, 6.45) is 13.3. The first-order chi connectivity index (χ1) is 33.3. The van der Waals surface area contributed by atoms with Gasteiger partial charge in [0.25, 0.3) is 0 Å². The fourth-order valence-corrected chi connectivity index (χ4v) is 9.78. The number of aliphatic hydroxyl groups excluding tert-OH is 4. The molecule has 0 aromatic carbocycles. The number of rotatable bonds is 9. The van der Waals surface area contributed by atoms with Crippen LogP contribution in [0, 0.1) is 35.5 Å². The second kappa shape index (κ2) is 28.7. The Labute approximate surface area is 417 Å². The van der Waals surface area contributed by atoms with Crippen LogP contribution >= 0.6 is 0 Å². The monoisotopic (exact) mass is 987 g/mol. The van der Waals surface area contributed by atoms with Gasteiger partial charge in [0.15, 0.2) is 0 Å². The highest BCUT2D eigenvalue weighted by Gasteiger charge is 2.53. The molecule has 2 saturated heterocycles. The molecular weight excluding hydrogens is 901 g/mol. The minimum atomic E-state index is -1.70. The molecule has 0 aliphatic carbocycles. The Hall–Kier alpha value is -3.51. The Morgan fingerprint density at radius 2 is 1.43 bits per heavy atom. The van der Waals surface area contributed by atoms with Gasteiger partial charge in [-0.1, -0.05) is 110 Å². The van der Waals surface area contributed by atoms with Crippen LogP contribution in [0.5, 0.6) is 0 Å². The van der Waals surface area contributed by atoms with E-state index in [1.54, 1.807) is 51.3 Å². The van der Waals surface area contributed by atoms with Crippen molar-refractivity contribution < 1.29 is 72.7 Å². The normalized spacial score (nSPS) is 40.8. The summed E-state index contributed by atoms with van der Waals surface area (Å²) >= 11 is 0. The number of aliphatic hydroxyl groups is 4. The number of hydrogen-bond acceptors (Lipinski definition) is 15. The highest BCUT2D eigenvalue weighted by Crippen LogP contribution is 2.44. The summed E-state index contributed by atoms with van der Waals surface area (Å²) < 4.78 is 49.4. The van der Waals surface area contributed by atoms with Gasteiger partial charge in [0.1, 0.15) is 18.3 Å². The number of epoxide rings is 1. The summed E-state index contributed by atoms with van der Waals surface area (Å²) in [5.74, 6) is -6.35. The minimum Gasteiger partial charge on any atom is -0.459 e. The fourth-order valence-electron chi connectivity index (χ4n) is 9.78. The van der Waals surface area contributed by atoms with Crippen molar-refractivity contribution in [2.75, 3.05) is 21.3 Å². The number of fused-ring (bicyclic) bond motifs is 6. The van der Waals surface area contributed by atoms with Gasteiger partial charge in [0, 0.05) is 94.3 Å². The van der Waals surface area contributed by atoms with Crippen molar-refractivity contribution >= 4 is 17.9 Å². The van der Waals surface area contributed by atoms with E-state index in [1.807, 2.05) is 45.1 Å². The standard InChI is InChI=1S/C55H86O15/c1-12-19-36(5)51-53(68-51)52(65-11)39(8)45-22-18-27-55(69-45)32-48-38(7)44(59)30-42(57)33(2)20-16-14-13-15-17-21-46(64-10)47(67-54(62)37(6)28-50(61)66-48)31-43(58)34(3)23-25-40(63-9)29-41(56)35(4)24-26-49(60)70-55/h13-17,20,23-26,28,33-36,38-48,51-53,56-59H,12,18-19,21-22,27,29-32H2,1-11H3/b14-13-,17-15-,20-16-,25-23-,26-24-,37-28?/t33-,34+,35+,36-,38+,39-,40+,41+,42+,43+,44+,45-,46+,47+,48-,51+,52-,53-,55+/m1/s1. The summed E-state index contributed by atoms with van der Waals surface area (Å²) in [6, 6.07) is 0. The van der Waals surface area contributed by atoms with E-state index in [-0.39, 0.29) is 67.8 Å². The molecule has 1 spiro atoms. The Morgan fingerprint density at radius 3 is 2.11 bits per heavy atom. The molecule has 0 saturated carbocycles. The second-order valence-corrected chi connectivity index (χ2v) is 20.4. The second-order valence-electron chi connectivity index (χ2n) is 20.4. The number of allylic oxidation sites excluding steroid dienone is 4. The molecule has 2 bridgehead atoms. The van der Waals surface area contributed by atoms with Crippen LogP contribution in [0.15, 0.2) is 72.4 Å². The number of carbonyl (C=O) groups excluding carboxylic acids is 3. The fraction of sp³-hybridized carbons (Fsp3) is 0.727. The van der Waals surface area contributed by atoms with Gasteiger partial charge in [-0.3, -0.25) is 0 Å². The van der Waals surface area contributed by atoms with Crippen LogP contribution in [0.3, 0.4) is 0 Å². The summed E-state index contributed by atoms with van der Waals surface area (Å²) in [5, 5.41) is 46.0. The predicted octanol–water partition coefficient (Wildman–Crippen LogP) is 7.20. The third-order valence-electron chi connectivity index (χ3n) is 14.8. The molecule has 70 heavy (non-hydrogen) atoms. The lowest BCUT2D eigenvalue weighted by Crippen LogP contribution is -2.52. The van der Waals surface area contributed by atoms with E-state index >= 15 is 0 Å². The van der Waals surface area contributed by atoms with Crippen molar-refractivity contribution in [1.82, 2.24) is 0 Å². The van der Waals surface area contributed by atoms with E-state index in [1.165, 1.54) is 27.2 Å². The number of ether oxygens (including phenoxy) is 8. The van der Waals surface area contributed by atoms with Crippen LogP contribution in [0.25, 0.3) is 0 Å². The maximum atomic E-state index is 14.1. The summed E-state index contributed by atoms with van der Waals surface area (Å²) in [4.78, 5) is 42.1. The van der Waals surface area contributed by atoms with Crippen LogP contribution in [0.1, 0.15) is 120 Å². The average molecular weight is 987 g/mol. The number of methoxy groups -OCH3 is 3. The Balaban J connectivity index is 1.85. The van der Waals surface area contributed by atoms with Gasteiger partial charge in [-0.15, -0.1) is 0 Å². The lowest BCUT2D eigenvalue weighted by Gasteiger charge is -2.45. The van der Waals surface area contributed by atoms with E-state index in [4.69, 9.17) is 37.9 Å². The zero-order chi connectivity index (χ0) is 51.7. The Bertz CT molecular complexity index is 1820. The van der Waals surface area contributed by atoms with E-state index in [2.05, 4.69) is 13.8 Å². The smallest absolute Gasteiger partial charge is 0.334 e. The van der Waals surface area contributed by atoms with Gasteiger partial charge in [-0.2, -0.15) is 0 Å². The molecule has 0 aromatic heterocycles. The maximum Gasteiger partial charge on any atom is 0.334 e. The molecule has 4 aliphatic rings. The molecule has 15 nitrogen and oxygen atoms in total. The van der Waals surface area contributed by atoms with Crippen LogP contribution in [0.4, 0.5) is 0 Å². The lowest BCUT2D eigenvalue weighted by molar-refractivity contribution is -0.289. The van der Waals surface area contributed by atoms with Crippen LogP contribution in [0.2, 0.25) is 0 Å². The third kappa shape index (κ3) is 17.6. The third-order valence-corrected chi connectivity index (χ3v) is 14.8. The zero-order valence-corrected chi connectivity index (χ0v) is 43.6. The first kappa shape index (κ1) is 59.1. The number of hydrogen-bond donors (Lipinski definition) is 4. The Morgan fingerprint density at radius 1 is 0.757 bits per heavy atom.